The Kier molecular flexibility index (Phi) is 5.46. The standard InChI is InChI=1S/C19H19F2N3O3S/c1-11(2)16(17-22-14-5-3-4-6-15(14)23-17)24-18(25)12-7-9-13(10-8-12)28(26,27)19(20)21/h3-11,16,19H,1-2H3,(H,22,23)(H,24,25). The third-order valence-corrected chi connectivity index (χ3v) is 5.73. The number of alkyl halides is 2. The topological polar surface area (TPSA) is 91.9 Å². The van der Waals surface area contributed by atoms with Crippen molar-refractivity contribution >= 4 is 26.8 Å². The molecule has 1 heterocycles. The summed E-state index contributed by atoms with van der Waals surface area (Å²) in [7, 11) is -4.69. The number of rotatable bonds is 6. The van der Waals surface area contributed by atoms with Crippen molar-refractivity contribution in [1.29, 1.82) is 0 Å². The molecular weight excluding hydrogens is 388 g/mol. The number of amides is 1. The molecule has 1 aromatic heterocycles. The van der Waals surface area contributed by atoms with Crippen molar-refractivity contribution in [2.75, 3.05) is 0 Å². The first kappa shape index (κ1) is 19.9. The van der Waals surface area contributed by atoms with E-state index in [1.54, 1.807) is 0 Å². The average Bonchev–Trinajstić information content (AvgIpc) is 3.09. The van der Waals surface area contributed by atoms with Crippen molar-refractivity contribution < 1.29 is 22.0 Å². The van der Waals surface area contributed by atoms with Gasteiger partial charge in [0.2, 0.25) is 9.84 Å². The zero-order valence-electron chi connectivity index (χ0n) is 15.2. The van der Waals surface area contributed by atoms with Gasteiger partial charge in [0, 0.05) is 5.56 Å². The summed E-state index contributed by atoms with van der Waals surface area (Å²) in [6.07, 6.45) is 0. The average molecular weight is 407 g/mol. The SMILES string of the molecule is CC(C)C(NC(=O)c1ccc(S(=O)(=O)C(F)F)cc1)c1nc2ccccc2[nH]1. The van der Waals surface area contributed by atoms with Crippen LogP contribution in [0.5, 0.6) is 0 Å². The van der Waals surface area contributed by atoms with Gasteiger partial charge in [-0.3, -0.25) is 4.79 Å². The summed E-state index contributed by atoms with van der Waals surface area (Å²) in [6, 6.07) is 11.5. The second-order valence-corrected chi connectivity index (χ2v) is 8.58. The van der Waals surface area contributed by atoms with Crippen molar-refractivity contribution in [2.45, 2.75) is 30.5 Å². The number of benzene rings is 2. The van der Waals surface area contributed by atoms with Crippen molar-refractivity contribution in [1.82, 2.24) is 15.3 Å². The highest BCUT2D eigenvalue weighted by Gasteiger charge is 2.27. The Morgan fingerprint density at radius 1 is 1.07 bits per heavy atom. The molecule has 1 amide bonds. The zero-order valence-corrected chi connectivity index (χ0v) is 16.0. The van der Waals surface area contributed by atoms with Crippen molar-refractivity contribution in [2.24, 2.45) is 5.92 Å². The molecule has 9 heteroatoms. The van der Waals surface area contributed by atoms with Crippen LogP contribution in [0.4, 0.5) is 8.78 Å². The van der Waals surface area contributed by atoms with E-state index in [4.69, 9.17) is 0 Å². The third-order valence-electron chi connectivity index (χ3n) is 4.34. The van der Waals surface area contributed by atoms with E-state index in [2.05, 4.69) is 15.3 Å². The monoisotopic (exact) mass is 407 g/mol. The number of nitrogens with zero attached hydrogens (tertiary/aromatic N) is 1. The van der Waals surface area contributed by atoms with E-state index in [1.807, 2.05) is 38.1 Å². The number of H-pyrrole nitrogens is 1. The summed E-state index contributed by atoms with van der Waals surface area (Å²) in [5.41, 5.74) is 1.79. The van der Waals surface area contributed by atoms with Crippen LogP contribution in [-0.2, 0) is 9.84 Å². The molecule has 28 heavy (non-hydrogen) atoms. The van der Waals surface area contributed by atoms with Crippen LogP contribution < -0.4 is 5.32 Å². The van der Waals surface area contributed by atoms with Gasteiger partial charge < -0.3 is 10.3 Å². The first-order valence-electron chi connectivity index (χ1n) is 8.58. The quantitative estimate of drug-likeness (QED) is 0.652. The molecule has 0 aliphatic carbocycles. The van der Waals surface area contributed by atoms with Gasteiger partial charge in [0.1, 0.15) is 5.82 Å². The van der Waals surface area contributed by atoms with Crippen LogP contribution >= 0.6 is 0 Å². The summed E-state index contributed by atoms with van der Waals surface area (Å²) >= 11 is 0. The Morgan fingerprint density at radius 2 is 1.71 bits per heavy atom. The van der Waals surface area contributed by atoms with Gasteiger partial charge in [0.15, 0.2) is 0 Å². The highest BCUT2D eigenvalue weighted by atomic mass is 32.2. The summed E-state index contributed by atoms with van der Waals surface area (Å²) in [5.74, 6) is -3.35. The highest BCUT2D eigenvalue weighted by molar-refractivity contribution is 7.91. The van der Waals surface area contributed by atoms with E-state index < -0.39 is 32.4 Å². The van der Waals surface area contributed by atoms with Crippen LogP contribution in [0.1, 0.15) is 36.1 Å². The lowest BCUT2D eigenvalue weighted by atomic mass is 10.0. The highest BCUT2D eigenvalue weighted by Crippen LogP contribution is 2.23. The fourth-order valence-electron chi connectivity index (χ4n) is 2.79. The number of carbonyl (C=O) groups excluding carboxylic acids is 1. The fourth-order valence-corrected chi connectivity index (χ4v) is 3.52. The number of hydrogen-bond acceptors (Lipinski definition) is 4. The van der Waals surface area contributed by atoms with Gasteiger partial charge in [-0.2, -0.15) is 8.78 Å². The Balaban J connectivity index is 1.83. The smallest absolute Gasteiger partial charge is 0.341 e. The Labute approximate surface area is 160 Å². The molecule has 6 nitrogen and oxygen atoms in total. The second kappa shape index (κ2) is 7.67. The number of imidazole rings is 1. The molecule has 148 valence electrons. The summed E-state index contributed by atoms with van der Waals surface area (Å²) in [6.45, 7) is 3.85. The normalized spacial score (nSPS) is 13.2. The van der Waals surface area contributed by atoms with Gasteiger partial charge in [-0.1, -0.05) is 26.0 Å². The van der Waals surface area contributed by atoms with Crippen LogP contribution in [-0.4, -0.2) is 30.1 Å². The molecule has 0 saturated carbocycles. The molecular formula is C19H19F2N3O3S. The van der Waals surface area contributed by atoms with Gasteiger partial charge in [0.05, 0.1) is 22.0 Å². The van der Waals surface area contributed by atoms with E-state index in [-0.39, 0.29) is 11.5 Å². The van der Waals surface area contributed by atoms with Crippen molar-refractivity contribution in [3.63, 3.8) is 0 Å². The Morgan fingerprint density at radius 3 is 2.29 bits per heavy atom. The van der Waals surface area contributed by atoms with Crippen LogP contribution in [0.25, 0.3) is 11.0 Å². The molecule has 0 saturated heterocycles. The van der Waals surface area contributed by atoms with E-state index >= 15 is 0 Å². The number of aromatic amines is 1. The van der Waals surface area contributed by atoms with E-state index in [0.29, 0.717) is 5.82 Å². The van der Waals surface area contributed by atoms with Crippen LogP contribution in [0.2, 0.25) is 0 Å². The number of para-hydroxylation sites is 2. The molecule has 1 unspecified atom stereocenters. The predicted molar refractivity (Wildman–Crippen MR) is 101 cm³/mol. The second-order valence-electron chi connectivity index (χ2n) is 6.66. The van der Waals surface area contributed by atoms with Gasteiger partial charge in [-0.25, -0.2) is 13.4 Å². The number of carbonyl (C=O) groups is 1. The van der Waals surface area contributed by atoms with E-state index in [1.165, 1.54) is 12.1 Å². The largest absolute Gasteiger partial charge is 0.342 e. The fraction of sp³-hybridized carbons (Fsp3) is 0.263. The van der Waals surface area contributed by atoms with Crippen LogP contribution in [0.3, 0.4) is 0 Å². The van der Waals surface area contributed by atoms with Gasteiger partial charge in [-0.15, -0.1) is 0 Å². The number of aromatic nitrogens is 2. The number of halogens is 2. The first-order chi connectivity index (χ1) is 13.2. The summed E-state index contributed by atoms with van der Waals surface area (Å²) in [5, 5.41) is 2.86. The molecule has 3 rings (SSSR count). The summed E-state index contributed by atoms with van der Waals surface area (Å²) < 4.78 is 48.2. The van der Waals surface area contributed by atoms with Crippen molar-refractivity contribution in [3.05, 3.63) is 59.9 Å². The van der Waals surface area contributed by atoms with Crippen molar-refractivity contribution in [3.8, 4) is 0 Å². The van der Waals surface area contributed by atoms with Gasteiger partial charge >= 0.3 is 5.76 Å². The van der Waals surface area contributed by atoms with Gasteiger partial charge in [-0.05, 0) is 42.3 Å². The maximum atomic E-state index is 12.6. The molecule has 0 bridgehead atoms. The lowest BCUT2D eigenvalue weighted by Crippen LogP contribution is -2.32. The zero-order chi connectivity index (χ0) is 20.5. The minimum absolute atomic E-state index is 0.0167. The van der Waals surface area contributed by atoms with E-state index in [9.17, 15) is 22.0 Å². The molecule has 2 N–H and O–H groups in total. The molecule has 2 aromatic carbocycles. The maximum Gasteiger partial charge on any atom is 0.341 e. The van der Waals surface area contributed by atoms with Crippen LogP contribution in [0.15, 0.2) is 53.4 Å². The maximum absolute atomic E-state index is 12.6. The molecule has 0 fully saturated rings. The first-order valence-corrected chi connectivity index (χ1v) is 10.1. The van der Waals surface area contributed by atoms with Crippen LogP contribution in [0, 0.1) is 5.92 Å². The number of fused-ring (bicyclic) bond motifs is 1. The number of nitrogens with one attached hydrogen (secondary N) is 2. The molecule has 0 radical (unpaired) electrons. The molecule has 3 aromatic rings. The molecule has 0 aliphatic heterocycles. The number of hydrogen-bond donors (Lipinski definition) is 2. The Bertz CT molecular complexity index is 1060. The third kappa shape index (κ3) is 3.89. The number of sulfone groups is 1. The van der Waals surface area contributed by atoms with Gasteiger partial charge in [0.25, 0.3) is 5.91 Å². The minimum atomic E-state index is -4.69. The lowest BCUT2D eigenvalue weighted by Gasteiger charge is -2.20. The lowest BCUT2D eigenvalue weighted by molar-refractivity contribution is 0.0923. The molecule has 0 aliphatic rings. The van der Waals surface area contributed by atoms with E-state index in [0.717, 1.165) is 23.2 Å². The Hall–Kier alpha value is -2.81. The summed E-state index contributed by atoms with van der Waals surface area (Å²) in [4.78, 5) is 19.8. The molecule has 1 atom stereocenters. The predicted octanol–water partition coefficient (Wildman–Crippen LogP) is 3.69. The molecule has 0 spiro atoms. The minimum Gasteiger partial charge on any atom is -0.342 e.